The standard InChI is InChI=1S/C10H19O4/c1-6-10(7-2,14-12)8(11)13-9(3,4)5/h6-7H2,1-5H3. The van der Waals surface area contributed by atoms with E-state index in [2.05, 4.69) is 4.89 Å². The number of carbonyl (C=O) groups excluding carboxylic acids is 1. The topological polar surface area (TPSA) is 55.4 Å². The smallest absolute Gasteiger partial charge is 0.342 e. The molecular weight excluding hydrogens is 184 g/mol. The predicted molar refractivity (Wildman–Crippen MR) is 50.9 cm³/mol. The highest BCUT2D eigenvalue weighted by molar-refractivity contribution is 5.79. The Bertz CT molecular complexity index is 181. The van der Waals surface area contributed by atoms with E-state index in [4.69, 9.17) is 4.74 Å². The molecule has 0 amide bonds. The maximum absolute atomic E-state index is 11.6. The van der Waals surface area contributed by atoms with E-state index in [0.29, 0.717) is 12.8 Å². The van der Waals surface area contributed by atoms with Gasteiger partial charge in [0, 0.05) is 0 Å². The van der Waals surface area contributed by atoms with Gasteiger partial charge in [-0.25, -0.2) is 4.79 Å². The van der Waals surface area contributed by atoms with Gasteiger partial charge in [-0.2, -0.15) is 4.89 Å². The normalized spacial score (nSPS) is 12.7. The minimum Gasteiger partial charge on any atom is -0.458 e. The third kappa shape index (κ3) is 3.27. The predicted octanol–water partition coefficient (Wildman–Crippen LogP) is 2.25. The number of carbonyl (C=O) groups is 1. The molecule has 14 heavy (non-hydrogen) atoms. The van der Waals surface area contributed by atoms with Crippen LogP contribution in [-0.2, 0) is 19.7 Å². The molecule has 0 aliphatic heterocycles. The molecule has 0 atom stereocenters. The molecule has 0 bridgehead atoms. The average molecular weight is 203 g/mol. The van der Waals surface area contributed by atoms with Gasteiger partial charge in [-0.05, 0) is 38.9 Å². The molecule has 0 heterocycles. The third-order valence-corrected chi connectivity index (χ3v) is 2.07. The number of rotatable bonds is 4. The van der Waals surface area contributed by atoms with Gasteiger partial charge in [0.2, 0.25) is 5.60 Å². The van der Waals surface area contributed by atoms with Gasteiger partial charge in [-0.1, -0.05) is 13.8 Å². The van der Waals surface area contributed by atoms with E-state index in [9.17, 15) is 10.1 Å². The highest BCUT2D eigenvalue weighted by Gasteiger charge is 2.41. The lowest BCUT2D eigenvalue weighted by molar-refractivity contribution is -0.368. The van der Waals surface area contributed by atoms with Crippen LogP contribution in [0.2, 0.25) is 0 Å². The minimum atomic E-state index is -1.33. The van der Waals surface area contributed by atoms with Gasteiger partial charge in [-0.15, -0.1) is 0 Å². The van der Waals surface area contributed by atoms with Crippen molar-refractivity contribution in [1.29, 1.82) is 0 Å². The fraction of sp³-hybridized carbons (Fsp3) is 0.900. The van der Waals surface area contributed by atoms with E-state index in [1.54, 1.807) is 34.6 Å². The quantitative estimate of drug-likeness (QED) is 0.400. The highest BCUT2D eigenvalue weighted by atomic mass is 17.1. The summed E-state index contributed by atoms with van der Waals surface area (Å²) < 4.78 is 5.11. The van der Waals surface area contributed by atoms with Crippen LogP contribution in [-0.4, -0.2) is 17.2 Å². The van der Waals surface area contributed by atoms with Crippen molar-refractivity contribution in [2.45, 2.75) is 58.7 Å². The van der Waals surface area contributed by atoms with Crippen molar-refractivity contribution in [1.82, 2.24) is 0 Å². The van der Waals surface area contributed by atoms with E-state index in [1.807, 2.05) is 0 Å². The Kier molecular flexibility index (Phi) is 4.55. The first-order valence-electron chi connectivity index (χ1n) is 4.85. The second-order valence-electron chi connectivity index (χ2n) is 4.29. The summed E-state index contributed by atoms with van der Waals surface area (Å²) in [5.74, 6) is -0.579. The van der Waals surface area contributed by atoms with Crippen LogP contribution >= 0.6 is 0 Å². The van der Waals surface area contributed by atoms with Crippen LogP contribution in [0.5, 0.6) is 0 Å². The largest absolute Gasteiger partial charge is 0.458 e. The number of hydrogen-bond acceptors (Lipinski definition) is 3. The highest BCUT2D eigenvalue weighted by Crippen LogP contribution is 2.24. The summed E-state index contributed by atoms with van der Waals surface area (Å²) in [5, 5.41) is 10.5. The average Bonchev–Trinajstić information content (AvgIpc) is 2.05. The molecule has 0 unspecified atom stereocenters. The number of hydrogen-bond donors (Lipinski definition) is 0. The zero-order valence-corrected chi connectivity index (χ0v) is 9.55. The molecule has 0 aromatic rings. The SMILES string of the molecule is CCC(CC)(O[O])C(=O)OC(C)(C)C. The van der Waals surface area contributed by atoms with Crippen molar-refractivity contribution in [3.05, 3.63) is 0 Å². The number of ether oxygens (including phenoxy) is 1. The van der Waals surface area contributed by atoms with Crippen LogP contribution in [0.15, 0.2) is 0 Å². The van der Waals surface area contributed by atoms with Gasteiger partial charge < -0.3 is 4.74 Å². The van der Waals surface area contributed by atoms with Crippen molar-refractivity contribution < 1.29 is 19.7 Å². The van der Waals surface area contributed by atoms with Gasteiger partial charge in [0.05, 0.1) is 0 Å². The lowest BCUT2D eigenvalue weighted by Crippen LogP contribution is -2.44. The Morgan fingerprint density at radius 1 is 1.14 bits per heavy atom. The van der Waals surface area contributed by atoms with Crippen LogP contribution in [0, 0.1) is 0 Å². The second-order valence-corrected chi connectivity index (χ2v) is 4.29. The molecule has 0 aromatic carbocycles. The molecule has 0 aliphatic carbocycles. The first-order valence-corrected chi connectivity index (χ1v) is 4.85. The molecule has 0 fully saturated rings. The molecule has 0 aromatic heterocycles. The second kappa shape index (κ2) is 4.75. The molecule has 0 saturated heterocycles. The summed E-state index contributed by atoms with van der Waals surface area (Å²) >= 11 is 0. The Morgan fingerprint density at radius 2 is 1.57 bits per heavy atom. The Balaban J connectivity index is 4.61. The Labute approximate surface area is 85.1 Å². The van der Waals surface area contributed by atoms with Gasteiger partial charge in [0.25, 0.3) is 0 Å². The van der Waals surface area contributed by atoms with Crippen molar-refractivity contribution in [2.75, 3.05) is 0 Å². The van der Waals surface area contributed by atoms with Crippen LogP contribution < -0.4 is 0 Å². The van der Waals surface area contributed by atoms with E-state index in [1.165, 1.54) is 0 Å². The Morgan fingerprint density at radius 3 is 1.79 bits per heavy atom. The van der Waals surface area contributed by atoms with Crippen LogP contribution in [0.3, 0.4) is 0 Å². The van der Waals surface area contributed by atoms with Gasteiger partial charge in [0.15, 0.2) is 0 Å². The van der Waals surface area contributed by atoms with Gasteiger partial charge in [-0.3, -0.25) is 0 Å². The van der Waals surface area contributed by atoms with Gasteiger partial charge in [0.1, 0.15) is 5.60 Å². The zero-order chi connectivity index (χ0) is 11.4. The van der Waals surface area contributed by atoms with Crippen molar-refractivity contribution in [3.8, 4) is 0 Å². The lowest BCUT2D eigenvalue weighted by atomic mass is 9.97. The maximum Gasteiger partial charge on any atom is 0.342 e. The number of esters is 1. The first kappa shape index (κ1) is 13.4. The molecular formula is C10H19O4. The van der Waals surface area contributed by atoms with E-state index in [-0.39, 0.29) is 0 Å². The fourth-order valence-electron chi connectivity index (χ4n) is 1.06. The van der Waals surface area contributed by atoms with Gasteiger partial charge >= 0.3 is 5.97 Å². The molecule has 0 saturated carbocycles. The molecule has 0 rings (SSSR count). The molecule has 4 nitrogen and oxygen atoms in total. The fourth-order valence-corrected chi connectivity index (χ4v) is 1.06. The third-order valence-electron chi connectivity index (χ3n) is 2.07. The van der Waals surface area contributed by atoms with E-state index in [0.717, 1.165) is 0 Å². The summed E-state index contributed by atoms with van der Waals surface area (Å²) in [7, 11) is 0. The molecule has 1 radical (unpaired) electrons. The maximum atomic E-state index is 11.6. The molecule has 0 spiro atoms. The van der Waals surface area contributed by atoms with E-state index >= 15 is 0 Å². The summed E-state index contributed by atoms with van der Waals surface area (Å²) in [6.45, 7) is 8.72. The van der Waals surface area contributed by atoms with Crippen LogP contribution in [0.25, 0.3) is 0 Å². The van der Waals surface area contributed by atoms with Crippen LogP contribution in [0.4, 0.5) is 0 Å². The Hall–Kier alpha value is -0.610. The molecule has 0 N–H and O–H groups in total. The molecule has 4 heteroatoms. The summed E-state index contributed by atoms with van der Waals surface area (Å²) in [5.41, 5.74) is -1.92. The first-order chi connectivity index (χ1) is 6.31. The van der Waals surface area contributed by atoms with Crippen molar-refractivity contribution in [2.24, 2.45) is 0 Å². The molecule has 83 valence electrons. The minimum absolute atomic E-state index is 0.321. The van der Waals surface area contributed by atoms with E-state index < -0.39 is 17.2 Å². The van der Waals surface area contributed by atoms with Crippen LogP contribution in [0.1, 0.15) is 47.5 Å². The zero-order valence-electron chi connectivity index (χ0n) is 9.55. The summed E-state index contributed by atoms with van der Waals surface area (Å²) in [6.07, 6.45) is 0.643. The molecule has 0 aliphatic rings. The summed E-state index contributed by atoms with van der Waals surface area (Å²) in [4.78, 5) is 15.6. The van der Waals surface area contributed by atoms with Crippen molar-refractivity contribution >= 4 is 5.97 Å². The van der Waals surface area contributed by atoms with Crippen molar-refractivity contribution in [3.63, 3.8) is 0 Å². The monoisotopic (exact) mass is 203 g/mol. The summed E-state index contributed by atoms with van der Waals surface area (Å²) in [6, 6.07) is 0. The lowest BCUT2D eigenvalue weighted by Gasteiger charge is -2.29.